The third kappa shape index (κ3) is 3.45. The Labute approximate surface area is 123 Å². The second-order valence-corrected chi connectivity index (χ2v) is 5.01. The molecule has 0 amide bonds. The van der Waals surface area contributed by atoms with E-state index in [4.69, 9.17) is 22.7 Å². The molecule has 0 radical (unpaired) electrons. The summed E-state index contributed by atoms with van der Waals surface area (Å²) in [5.41, 5.74) is 6.58. The van der Waals surface area contributed by atoms with Crippen LogP contribution in [-0.2, 0) is 0 Å². The average Bonchev–Trinajstić information content (AvgIpc) is 2.33. The predicted octanol–water partition coefficient (Wildman–Crippen LogP) is 3.11. The number of aryl methyl sites for hydroxylation is 1. The van der Waals surface area contributed by atoms with Crippen LogP contribution in [-0.4, -0.2) is 15.0 Å². The molecule has 2 N–H and O–H groups in total. The van der Waals surface area contributed by atoms with Gasteiger partial charge in [0.15, 0.2) is 0 Å². The van der Waals surface area contributed by atoms with Crippen LogP contribution in [0.1, 0.15) is 11.4 Å². The normalized spacial score (nSPS) is 10.3. The van der Waals surface area contributed by atoms with Crippen molar-refractivity contribution < 1.29 is 9.13 Å². The lowest BCUT2D eigenvalue weighted by atomic mass is 10.3. The molecule has 1 heterocycles. The maximum Gasteiger partial charge on any atom is 0.322 e. The third-order valence-electron chi connectivity index (χ3n) is 2.18. The first-order valence-electron chi connectivity index (χ1n) is 5.24. The molecule has 7 heteroatoms. The van der Waals surface area contributed by atoms with E-state index in [9.17, 15) is 4.39 Å². The van der Waals surface area contributed by atoms with E-state index in [0.29, 0.717) is 15.9 Å². The van der Waals surface area contributed by atoms with Gasteiger partial charge < -0.3 is 10.5 Å². The van der Waals surface area contributed by atoms with Crippen LogP contribution in [0.15, 0.2) is 28.7 Å². The van der Waals surface area contributed by atoms with Crippen molar-refractivity contribution in [1.82, 2.24) is 9.97 Å². The molecule has 2 rings (SSSR count). The van der Waals surface area contributed by atoms with Gasteiger partial charge in [-0.15, -0.1) is 0 Å². The van der Waals surface area contributed by atoms with Crippen molar-refractivity contribution in [2.45, 2.75) is 6.92 Å². The summed E-state index contributed by atoms with van der Waals surface area (Å²) >= 11 is 8.11. The molecule has 0 saturated heterocycles. The minimum absolute atomic E-state index is 0.0640. The number of halogens is 2. The number of hydrogen-bond acceptors (Lipinski definition) is 4. The van der Waals surface area contributed by atoms with E-state index in [0.717, 1.165) is 0 Å². The van der Waals surface area contributed by atoms with Crippen LogP contribution in [0, 0.1) is 12.7 Å². The van der Waals surface area contributed by atoms with E-state index in [1.165, 1.54) is 18.2 Å². The number of hydrogen-bond donors (Lipinski definition) is 1. The molecule has 0 saturated carbocycles. The molecule has 98 valence electrons. The van der Waals surface area contributed by atoms with Gasteiger partial charge in [0.25, 0.3) is 0 Å². The Kier molecular flexibility index (Phi) is 4.06. The van der Waals surface area contributed by atoms with Gasteiger partial charge in [0, 0.05) is 11.8 Å². The van der Waals surface area contributed by atoms with Crippen molar-refractivity contribution in [3.8, 4) is 11.8 Å². The first kappa shape index (κ1) is 13.8. The molecule has 2 aromatic rings. The second kappa shape index (κ2) is 5.58. The Balaban J connectivity index is 2.38. The van der Waals surface area contributed by atoms with Crippen molar-refractivity contribution >= 4 is 33.1 Å². The fraction of sp³-hybridized carbons (Fsp3) is 0.0833. The first-order chi connectivity index (χ1) is 8.95. The molecule has 0 aliphatic heterocycles. The zero-order valence-electron chi connectivity index (χ0n) is 9.85. The highest BCUT2D eigenvalue weighted by molar-refractivity contribution is 9.10. The highest BCUT2D eigenvalue weighted by Crippen LogP contribution is 2.28. The molecular formula is C12H9BrFN3OS. The summed E-state index contributed by atoms with van der Waals surface area (Å²) in [6.45, 7) is 1.76. The molecular weight excluding hydrogens is 333 g/mol. The van der Waals surface area contributed by atoms with Gasteiger partial charge in [-0.1, -0.05) is 12.2 Å². The molecule has 0 fully saturated rings. The molecule has 0 spiro atoms. The lowest BCUT2D eigenvalue weighted by Crippen LogP contribution is -2.13. The smallest absolute Gasteiger partial charge is 0.322 e. The van der Waals surface area contributed by atoms with Crippen molar-refractivity contribution in [2.75, 3.05) is 0 Å². The van der Waals surface area contributed by atoms with Crippen LogP contribution in [0.25, 0.3) is 0 Å². The van der Waals surface area contributed by atoms with Gasteiger partial charge in [-0.2, -0.15) is 4.98 Å². The van der Waals surface area contributed by atoms with Gasteiger partial charge in [-0.3, -0.25) is 0 Å². The number of ether oxygens (including phenoxy) is 1. The van der Waals surface area contributed by atoms with Crippen LogP contribution in [0.4, 0.5) is 4.39 Å². The van der Waals surface area contributed by atoms with Crippen molar-refractivity contribution in [3.05, 3.63) is 45.9 Å². The summed E-state index contributed by atoms with van der Waals surface area (Å²) in [6, 6.07) is 5.80. The van der Waals surface area contributed by atoms with Crippen LogP contribution in [0.2, 0.25) is 0 Å². The highest BCUT2D eigenvalue weighted by Gasteiger charge is 2.09. The summed E-state index contributed by atoms with van der Waals surface area (Å²) in [6.07, 6.45) is 0. The topological polar surface area (TPSA) is 61.0 Å². The summed E-state index contributed by atoms with van der Waals surface area (Å²) < 4.78 is 19.2. The standard InChI is InChI=1S/C12H9BrFN3OS/c1-6-4-9(11(15)19)17-12(16-6)18-10-5-7(14)2-3-8(10)13/h2-5H,1H3,(H2,15,19). The lowest BCUT2D eigenvalue weighted by Gasteiger charge is -2.08. The Morgan fingerprint density at radius 1 is 1.37 bits per heavy atom. The minimum Gasteiger partial charge on any atom is -0.423 e. The number of nitrogens with zero attached hydrogens (tertiary/aromatic N) is 2. The zero-order chi connectivity index (χ0) is 14.0. The van der Waals surface area contributed by atoms with E-state index in [-0.39, 0.29) is 16.7 Å². The SMILES string of the molecule is Cc1cc(C(N)=S)nc(Oc2cc(F)ccc2Br)n1. The maximum atomic E-state index is 13.2. The quantitative estimate of drug-likeness (QED) is 0.869. The zero-order valence-corrected chi connectivity index (χ0v) is 12.3. The molecule has 0 atom stereocenters. The molecule has 0 bridgehead atoms. The van der Waals surface area contributed by atoms with Crippen LogP contribution in [0.5, 0.6) is 11.8 Å². The van der Waals surface area contributed by atoms with Gasteiger partial charge in [-0.25, -0.2) is 9.37 Å². The van der Waals surface area contributed by atoms with Crippen molar-refractivity contribution in [3.63, 3.8) is 0 Å². The highest BCUT2D eigenvalue weighted by atomic mass is 79.9. The molecule has 4 nitrogen and oxygen atoms in total. The Morgan fingerprint density at radius 3 is 2.79 bits per heavy atom. The van der Waals surface area contributed by atoms with Crippen molar-refractivity contribution in [1.29, 1.82) is 0 Å². The van der Waals surface area contributed by atoms with Crippen LogP contribution in [0.3, 0.4) is 0 Å². The van der Waals surface area contributed by atoms with Gasteiger partial charge >= 0.3 is 6.01 Å². The summed E-state index contributed by atoms with van der Waals surface area (Å²) in [7, 11) is 0. The number of aromatic nitrogens is 2. The lowest BCUT2D eigenvalue weighted by molar-refractivity contribution is 0.433. The van der Waals surface area contributed by atoms with E-state index in [1.807, 2.05) is 0 Å². The van der Waals surface area contributed by atoms with Gasteiger partial charge in [0.2, 0.25) is 0 Å². The molecule has 0 unspecified atom stereocenters. The second-order valence-electron chi connectivity index (χ2n) is 3.72. The van der Waals surface area contributed by atoms with Gasteiger partial charge in [0.05, 0.1) is 4.47 Å². The van der Waals surface area contributed by atoms with Gasteiger partial charge in [0.1, 0.15) is 22.2 Å². The van der Waals surface area contributed by atoms with Gasteiger partial charge in [-0.05, 0) is 41.1 Å². The third-order valence-corrected chi connectivity index (χ3v) is 3.04. The molecule has 0 aliphatic carbocycles. The van der Waals surface area contributed by atoms with Crippen molar-refractivity contribution in [2.24, 2.45) is 5.73 Å². The molecule has 19 heavy (non-hydrogen) atoms. The number of nitrogens with two attached hydrogens (primary N) is 1. The molecule has 0 aliphatic rings. The van der Waals surface area contributed by atoms with Crippen LogP contribution >= 0.6 is 28.1 Å². The monoisotopic (exact) mass is 341 g/mol. The predicted molar refractivity (Wildman–Crippen MR) is 76.8 cm³/mol. The first-order valence-corrected chi connectivity index (χ1v) is 6.44. The summed E-state index contributed by atoms with van der Waals surface area (Å²) in [5.74, 6) is -0.139. The number of benzene rings is 1. The number of thiocarbonyl (C=S) groups is 1. The van der Waals surface area contributed by atoms with E-state index < -0.39 is 5.82 Å². The maximum absolute atomic E-state index is 13.2. The molecule has 1 aromatic carbocycles. The largest absolute Gasteiger partial charge is 0.423 e. The minimum atomic E-state index is -0.416. The fourth-order valence-electron chi connectivity index (χ4n) is 1.37. The fourth-order valence-corrected chi connectivity index (χ4v) is 1.80. The average molecular weight is 342 g/mol. The van der Waals surface area contributed by atoms with E-state index in [1.54, 1.807) is 13.0 Å². The number of rotatable bonds is 3. The Morgan fingerprint density at radius 2 is 2.11 bits per heavy atom. The summed E-state index contributed by atoms with van der Waals surface area (Å²) in [4.78, 5) is 8.29. The summed E-state index contributed by atoms with van der Waals surface area (Å²) in [5, 5.41) is 0. The molecule has 1 aromatic heterocycles. The Hall–Kier alpha value is -1.60. The van der Waals surface area contributed by atoms with Crippen LogP contribution < -0.4 is 10.5 Å². The Bertz CT molecular complexity index is 651. The van der Waals surface area contributed by atoms with E-state index >= 15 is 0 Å². The van der Waals surface area contributed by atoms with E-state index in [2.05, 4.69) is 25.9 Å².